The lowest BCUT2D eigenvalue weighted by Crippen LogP contribution is -2.37. The minimum Gasteiger partial charge on any atom is -0.495 e. The molecule has 0 unspecified atom stereocenters. The normalized spacial score (nSPS) is 27.2. The predicted octanol–water partition coefficient (Wildman–Crippen LogP) is 1.71. The number of amidine groups is 1. The first-order chi connectivity index (χ1) is 10.9. The molecule has 3 rings (SSSR count). The highest BCUT2D eigenvalue weighted by molar-refractivity contribution is 8.16. The maximum Gasteiger partial charge on any atom is 0.247 e. The summed E-state index contributed by atoms with van der Waals surface area (Å²) in [6.45, 7) is 1.75. The minimum absolute atomic E-state index is 0.0715. The number of methoxy groups -OCH3 is 1. The highest BCUT2D eigenvalue weighted by Crippen LogP contribution is 2.43. The molecule has 2 aliphatic rings. The summed E-state index contributed by atoms with van der Waals surface area (Å²) in [5.74, 6) is 0.611. The molecule has 124 valence electrons. The predicted molar refractivity (Wildman–Crippen MR) is 92.0 cm³/mol. The summed E-state index contributed by atoms with van der Waals surface area (Å²) in [5, 5.41) is 0.458. The van der Waals surface area contributed by atoms with Crippen molar-refractivity contribution < 1.29 is 17.9 Å². The lowest BCUT2D eigenvalue weighted by Gasteiger charge is -2.26. The van der Waals surface area contributed by atoms with Crippen molar-refractivity contribution in [1.29, 1.82) is 0 Å². The maximum atomic E-state index is 12.0. The molecule has 2 atom stereocenters. The fraction of sp³-hybridized carbons (Fsp3) is 0.467. The van der Waals surface area contributed by atoms with E-state index in [-0.39, 0.29) is 28.7 Å². The van der Waals surface area contributed by atoms with Crippen LogP contribution in [0.15, 0.2) is 29.3 Å². The highest BCUT2D eigenvalue weighted by atomic mass is 32.2. The van der Waals surface area contributed by atoms with E-state index in [0.29, 0.717) is 17.3 Å². The number of sulfone groups is 1. The van der Waals surface area contributed by atoms with Crippen LogP contribution in [0.25, 0.3) is 0 Å². The van der Waals surface area contributed by atoms with Gasteiger partial charge in [-0.1, -0.05) is 30.8 Å². The molecule has 0 spiro atoms. The van der Waals surface area contributed by atoms with E-state index in [1.807, 2.05) is 29.2 Å². The van der Waals surface area contributed by atoms with Crippen molar-refractivity contribution >= 4 is 38.4 Å². The quantitative estimate of drug-likeness (QED) is 0.822. The molecular weight excluding hydrogens is 336 g/mol. The lowest BCUT2D eigenvalue weighted by molar-refractivity contribution is -0.117. The van der Waals surface area contributed by atoms with Gasteiger partial charge in [-0.05, 0) is 12.1 Å². The van der Waals surface area contributed by atoms with E-state index in [1.165, 1.54) is 11.8 Å². The van der Waals surface area contributed by atoms with Gasteiger partial charge >= 0.3 is 0 Å². The van der Waals surface area contributed by atoms with Gasteiger partial charge in [0.1, 0.15) is 5.75 Å². The summed E-state index contributed by atoms with van der Waals surface area (Å²) in [7, 11) is -1.50. The molecular formula is C15H18N2O4S2. The summed E-state index contributed by atoms with van der Waals surface area (Å²) in [4.78, 5) is 17.8. The summed E-state index contributed by atoms with van der Waals surface area (Å²) in [6.07, 6.45) is 0.317. The molecule has 8 heteroatoms. The second kappa shape index (κ2) is 6.16. The zero-order valence-electron chi connectivity index (χ0n) is 12.9. The van der Waals surface area contributed by atoms with Crippen molar-refractivity contribution in [3.8, 4) is 5.75 Å². The zero-order valence-corrected chi connectivity index (χ0v) is 14.6. The standard InChI is InChI=1S/C15H18N2O4S2/c1-3-14(18)16-15-17(10-6-4-5-7-12(10)21-2)11-8-23(19,20)9-13(11)22-15/h4-7,11,13H,3,8-9H2,1-2H3/t11-,13+/m1/s1. The Labute approximate surface area is 139 Å². The van der Waals surface area contributed by atoms with E-state index in [9.17, 15) is 13.2 Å². The summed E-state index contributed by atoms with van der Waals surface area (Å²) >= 11 is 1.37. The van der Waals surface area contributed by atoms with Crippen LogP contribution in [0.1, 0.15) is 13.3 Å². The third-order valence-electron chi connectivity index (χ3n) is 3.93. The number of thioether (sulfide) groups is 1. The van der Waals surface area contributed by atoms with Crippen LogP contribution in [-0.2, 0) is 14.6 Å². The number of hydrogen-bond acceptors (Lipinski definition) is 5. The SMILES string of the molecule is CCC(=O)N=C1S[C@H]2CS(=O)(=O)C[C@H]2N1c1ccccc1OC. The molecule has 2 heterocycles. The van der Waals surface area contributed by atoms with E-state index in [4.69, 9.17) is 4.74 Å². The molecule has 0 aromatic heterocycles. The van der Waals surface area contributed by atoms with Gasteiger partial charge in [-0.3, -0.25) is 4.79 Å². The smallest absolute Gasteiger partial charge is 0.247 e. The van der Waals surface area contributed by atoms with E-state index < -0.39 is 9.84 Å². The Morgan fingerprint density at radius 2 is 2.13 bits per heavy atom. The van der Waals surface area contributed by atoms with E-state index in [1.54, 1.807) is 14.0 Å². The molecule has 1 amide bonds. The maximum absolute atomic E-state index is 12.0. The molecule has 2 aliphatic heterocycles. The van der Waals surface area contributed by atoms with Crippen LogP contribution in [0.5, 0.6) is 5.75 Å². The van der Waals surface area contributed by atoms with Gasteiger partial charge in [-0.15, -0.1) is 0 Å². The number of ether oxygens (including phenoxy) is 1. The van der Waals surface area contributed by atoms with E-state index in [0.717, 1.165) is 5.69 Å². The number of rotatable bonds is 3. The highest BCUT2D eigenvalue weighted by Gasteiger charge is 2.49. The molecule has 2 saturated heterocycles. The Balaban J connectivity index is 2.07. The summed E-state index contributed by atoms with van der Waals surface area (Å²) < 4.78 is 29.4. The van der Waals surface area contributed by atoms with Gasteiger partial charge in [0, 0.05) is 11.7 Å². The third-order valence-corrected chi connectivity index (χ3v) is 7.14. The molecule has 0 bridgehead atoms. The molecule has 0 N–H and O–H groups in total. The molecule has 0 aliphatic carbocycles. The molecule has 2 fully saturated rings. The van der Waals surface area contributed by atoms with Crippen LogP contribution in [0.4, 0.5) is 5.69 Å². The Morgan fingerprint density at radius 1 is 1.39 bits per heavy atom. The van der Waals surface area contributed by atoms with Crippen molar-refractivity contribution in [3.63, 3.8) is 0 Å². The fourth-order valence-corrected chi connectivity index (χ4v) is 6.78. The zero-order chi connectivity index (χ0) is 16.6. The number of benzene rings is 1. The average Bonchev–Trinajstić information content (AvgIpc) is 2.98. The number of fused-ring (bicyclic) bond motifs is 1. The first kappa shape index (κ1) is 16.3. The first-order valence-electron chi connectivity index (χ1n) is 7.36. The van der Waals surface area contributed by atoms with E-state index in [2.05, 4.69) is 4.99 Å². The van der Waals surface area contributed by atoms with Gasteiger partial charge in [-0.25, -0.2) is 8.42 Å². The number of hydrogen-bond donors (Lipinski definition) is 0. The first-order valence-corrected chi connectivity index (χ1v) is 10.1. The number of anilines is 1. The minimum atomic E-state index is -3.07. The van der Waals surface area contributed by atoms with Crippen LogP contribution in [0.3, 0.4) is 0 Å². The van der Waals surface area contributed by atoms with Crippen LogP contribution in [-0.4, -0.2) is 49.4 Å². The largest absolute Gasteiger partial charge is 0.495 e. The number of carbonyl (C=O) groups excluding carboxylic acids is 1. The van der Waals surface area contributed by atoms with Gasteiger partial charge < -0.3 is 9.64 Å². The molecule has 6 nitrogen and oxygen atoms in total. The number of aliphatic imine (C=N–C) groups is 1. The molecule has 23 heavy (non-hydrogen) atoms. The second-order valence-electron chi connectivity index (χ2n) is 5.48. The van der Waals surface area contributed by atoms with Gasteiger partial charge in [0.05, 0.1) is 30.3 Å². The van der Waals surface area contributed by atoms with Crippen molar-refractivity contribution in [3.05, 3.63) is 24.3 Å². The van der Waals surface area contributed by atoms with Crippen LogP contribution < -0.4 is 9.64 Å². The van der Waals surface area contributed by atoms with Crippen molar-refractivity contribution in [1.82, 2.24) is 0 Å². The Morgan fingerprint density at radius 3 is 2.83 bits per heavy atom. The summed E-state index contributed by atoms with van der Waals surface area (Å²) in [5.41, 5.74) is 0.745. The number of amides is 1. The monoisotopic (exact) mass is 354 g/mol. The van der Waals surface area contributed by atoms with Crippen molar-refractivity contribution in [2.24, 2.45) is 4.99 Å². The van der Waals surface area contributed by atoms with Gasteiger partial charge in [-0.2, -0.15) is 4.99 Å². The molecule has 1 aromatic rings. The second-order valence-corrected chi connectivity index (χ2v) is 8.84. The van der Waals surface area contributed by atoms with Gasteiger partial charge in [0.15, 0.2) is 15.0 Å². The average molecular weight is 354 g/mol. The molecule has 1 aromatic carbocycles. The van der Waals surface area contributed by atoms with E-state index >= 15 is 0 Å². The number of nitrogens with zero attached hydrogens (tertiary/aromatic N) is 2. The number of para-hydroxylation sites is 2. The van der Waals surface area contributed by atoms with Crippen molar-refractivity contribution in [2.45, 2.75) is 24.6 Å². The molecule has 0 saturated carbocycles. The third kappa shape index (κ3) is 3.10. The topological polar surface area (TPSA) is 76.0 Å². The van der Waals surface area contributed by atoms with Crippen LogP contribution in [0, 0.1) is 0 Å². The Hall–Kier alpha value is -1.54. The Kier molecular flexibility index (Phi) is 4.37. The van der Waals surface area contributed by atoms with Gasteiger partial charge in [0.2, 0.25) is 5.91 Å². The van der Waals surface area contributed by atoms with Crippen LogP contribution in [0.2, 0.25) is 0 Å². The van der Waals surface area contributed by atoms with Crippen molar-refractivity contribution in [2.75, 3.05) is 23.5 Å². The molecule has 0 radical (unpaired) electrons. The summed E-state index contributed by atoms with van der Waals surface area (Å²) in [6, 6.07) is 7.17. The van der Waals surface area contributed by atoms with Crippen LogP contribution >= 0.6 is 11.8 Å². The Bertz CT molecular complexity index is 760. The number of carbonyl (C=O) groups is 1. The lowest BCUT2D eigenvalue weighted by atomic mass is 10.2. The fourth-order valence-electron chi connectivity index (χ4n) is 2.86. The van der Waals surface area contributed by atoms with Gasteiger partial charge in [0.25, 0.3) is 0 Å².